The Labute approximate surface area is 152 Å². The average molecular weight is 389 g/mol. The van der Waals surface area contributed by atoms with Crippen LogP contribution in [-0.2, 0) is 9.84 Å². The summed E-state index contributed by atoms with van der Waals surface area (Å²) in [5, 5.41) is 24.6. The molecule has 2 aromatic carbocycles. The first-order valence-electron chi connectivity index (χ1n) is 7.38. The number of non-ortho nitro benzene ring substituents is 1. The van der Waals surface area contributed by atoms with Gasteiger partial charge < -0.3 is 0 Å². The van der Waals surface area contributed by atoms with Crippen LogP contribution in [0.15, 0.2) is 66.1 Å². The normalized spacial score (nSPS) is 12.4. The van der Waals surface area contributed by atoms with Crippen LogP contribution in [0, 0.1) is 20.2 Å². The van der Waals surface area contributed by atoms with E-state index < -0.39 is 36.4 Å². The zero-order chi connectivity index (χ0) is 19.6. The number of rotatable bonds is 6. The average Bonchev–Trinajstić information content (AvgIpc) is 3.16. The first kappa shape index (κ1) is 18.1. The molecule has 1 atom stereocenters. The van der Waals surface area contributed by atoms with Crippen molar-refractivity contribution in [1.82, 2.24) is 14.8 Å². The van der Waals surface area contributed by atoms with Crippen LogP contribution in [0.2, 0.25) is 0 Å². The number of nitro groups is 2. The van der Waals surface area contributed by atoms with Crippen molar-refractivity contribution in [1.29, 1.82) is 0 Å². The lowest BCUT2D eigenvalue weighted by molar-refractivity contribution is -0.394. The second-order valence-electron chi connectivity index (χ2n) is 5.34. The number of hydrogen-bond donors (Lipinski definition) is 0. The van der Waals surface area contributed by atoms with Crippen LogP contribution in [0.3, 0.4) is 0 Å². The Bertz CT molecular complexity index is 1100. The Kier molecular flexibility index (Phi) is 4.64. The highest BCUT2D eigenvalue weighted by atomic mass is 32.2. The van der Waals surface area contributed by atoms with Gasteiger partial charge in [0.2, 0.25) is 9.84 Å². The predicted molar refractivity (Wildman–Crippen MR) is 91.5 cm³/mol. The molecule has 3 aromatic rings. The second kappa shape index (κ2) is 6.92. The molecule has 0 bridgehead atoms. The standard InChI is InChI=1S/C15H11N5O6S/c21-19(22)11-6-7-13(14(8-11)20(23)24)15(18-10-16-9-17-18)27(25,26)12-4-2-1-3-5-12/h1-10,15H. The molecule has 12 heteroatoms. The van der Waals surface area contributed by atoms with Crippen molar-refractivity contribution in [3.8, 4) is 0 Å². The fourth-order valence-electron chi connectivity index (χ4n) is 2.54. The van der Waals surface area contributed by atoms with Crippen LogP contribution in [0.5, 0.6) is 0 Å². The summed E-state index contributed by atoms with van der Waals surface area (Å²) in [7, 11) is -4.18. The fraction of sp³-hybridized carbons (Fsp3) is 0.0667. The van der Waals surface area contributed by atoms with Crippen molar-refractivity contribution >= 4 is 21.2 Å². The molecule has 11 nitrogen and oxygen atoms in total. The molecule has 0 fully saturated rings. The molecule has 0 saturated heterocycles. The predicted octanol–water partition coefficient (Wildman–Crippen LogP) is 2.12. The molecule has 0 N–H and O–H groups in total. The van der Waals surface area contributed by atoms with E-state index in [0.29, 0.717) is 0 Å². The number of sulfone groups is 1. The number of nitro benzene ring substituents is 2. The maximum atomic E-state index is 13.2. The van der Waals surface area contributed by atoms with Gasteiger partial charge in [-0.15, -0.1) is 0 Å². The van der Waals surface area contributed by atoms with Crippen molar-refractivity contribution < 1.29 is 18.3 Å². The number of nitrogens with zero attached hydrogens (tertiary/aromatic N) is 5. The summed E-state index contributed by atoms with van der Waals surface area (Å²) in [4.78, 5) is 24.4. The molecule has 0 spiro atoms. The summed E-state index contributed by atoms with van der Waals surface area (Å²) in [6.45, 7) is 0. The zero-order valence-electron chi connectivity index (χ0n) is 13.4. The number of hydrogen-bond acceptors (Lipinski definition) is 8. The minimum atomic E-state index is -4.18. The van der Waals surface area contributed by atoms with E-state index in [9.17, 15) is 28.6 Å². The van der Waals surface area contributed by atoms with Crippen molar-refractivity contribution in [3.63, 3.8) is 0 Å². The molecular weight excluding hydrogens is 378 g/mol. The first-order valence-corrected chi connectivity index (χ1v) is 8.93. The minimum absolute atomic E-state index is 0.0850. The van der Waals surface area contributed by atoms with Gasteiger partial charge in [0.25, 0.3) is 11.4 Å². The SMILES string of the molecule is O=[N+]([O-])c1ccc(C(n2cncn2)S(=O)(=O)c2ccccc2)c([N+](=O)[O-])c1. The summed E-state index contributed by atoms with van der Waals surface area (Å²) in [5.41, 5.74) is -1.50. The molecule has 0 saturated carbocycles. The molecule has 0 radical (unpaired) electrons. The molecule has 1 aromatic heterocycles. The van der Waals surface area contributed by atoms with E-state index >= 15 is 0 Å². The molecule has 138 valence electrons. The molecule has 0 aliphatic heterocycles. The smallest absolute Gasteiger partial charge is 0.258 e. The van der Waals surface area contributed by atoms with Crippen molar-refractivity contribution in [3.05, 3.63) is 87.0 Å². The summed E-state index contributed by atoms with van der Waals surface area (Å²) in [6.07, 6.45) is 2.20. The lowest BCUT2D eigenvalue weighted by Crippen LogP contribution is -2.23. The second-order valence-corrected chi connectivity index (χ2v) is 7.35. The van der Waals surface area contributed by atoms with Gasteiger partial charge in [-0.05, 0) is 18.2 Å². The monoisotopic (exact) mass is 389 g/mol. The molecule has 1 unspecified atom stereocenters. The lowest BCUT2D eigenvalue weighted by atomic mass is 10.1. The van der Waals surface area contributed by atoms with E-state index in [2.05, 4.69) is 10.1 Å². The summed E-state index contributed by atoms with van der Waals surface area (Å²) in [6, 6.07) is 10.1. The summed E-state index contributed by atoms with van der Waals surface area (Å²) in [5.74, 6) is 0. The molecule has 3 rings (SSSR count). The molecule has 1 heterocycles. The number of aromatic nitrogens is 3. The van der Waals surface area contributed by atoms with Gasteiger partial charge in [0, 0.05) is 6.07 Å². The minimum Gasteiger partial charge on any atom is -0.258 e. The first-order chi connectivity index (χ1) is 12.8. The lowest BCUT2D eigenvalue weighted by Gasteiger charge is -2.18. The van der Waals surface area contributed by atoms with E-state index in [1.807, 2.05) is 0 Å². The Hall–Kier alpha value is -3.67. The highest BCUT2D eigenvalue weighted by molar-refractivity contribution is 7.91. The van der Waals surface area contributed by atoms with Crippen LogP contribution in [0.25, 0.3) is 0 Å². The van der Waals surface area contributed by atoms with E-state index in [1.165, 1.54) is 24.3 Å². The van der Waals surface area contributed by atoms with Crippen LogP contribution >= 0.6 is 0 Å². The van der Waals surface area contributed by atoms with Gasteiger partial charge in [0.1, 0.15) is 12.7 Å². The maximum absolute atomic E-state index is 13.2. The van der Waals surface area contributed by atoms with Crippen LogP contribution in [-0.4, -0.2) is 33.0 Å². The Balaban J connectivity index is 2.28. The molecule has 0 amide bonds. The van der Waals surface area contributed by atoms with Crippen LogP contribution in [0.4, 0.5) is 11.4 Å². The van der Waals surface area contributed by atoms with Crippen molar-refractivity contribution in [2.75, 3.05) is 0 Å². The van der Waals surface area contributed by atoms with E-state index in [1.54, 1.807) is 6.07 Å². The molecule has 27 heavy (non-hydrogen) atoms. The third-order valence-electron chi connectivity index (χ3n) is 3.73. The number of benzene rings is 2. The van der Waals surface area contributed by atoms with Crippen molar-refractivity contribution in [2.45, 2.75) is 10.3 Å². The molecule has 0 aliphatic rings. The highest BCUT2D eigenvalue weighted by Gasteiger charge is 2.37. The van der Waals surface area contributed by atoms with Gasteiger partial charge in [-0.25, -0.2) is 18.1 Å². The van der Waals surface area contributed by atoms with Crippen LogP contribution in [0.1, 0.15) is 10.9 Å². The summed E-state index contributed by atoms with van der Waals surface area (Å²) < 4.78 is 27.3. The fourth-order valence-corrected chi connectivity index (χ4v) is 4.26. The van der Waals surface area contributed by atoms with Gasteiger partial charge in [0.05, 0.1) is 26.4 Å². The quantitative estimate of drug-likeness (QED) is 0.459. The largest absolute Gasteiger partial charge is 0.282 e. The van der Waals surface area contributed by atoms with E-state index in [4.69, 9.17) is 0 Å². The van der Waals surface area contributed by atoms with E-state index in [0.717, 1.165) is 35.5 Å². The highest BCUT2D eigenvalue weighted by Crippen LogP contribution is 2.36. The van der Waals surface area contributed by atoms with Gasteiger partial charge in [0.15, 0.2) is 5.37 Å². The van der Waals surface area contributed by atoms with Gasteiger partial charge in [-0.1, -0.05) is 18.2 Å². The molecular formula is C15H11N5O6S. The van der Waals surface area contributed by atoms with Crippen LogP contribution < -0.4 is 0 Å². The Morgan fingerprint density at radius 3 is 2.26 bits per heavy atom. The van der Waals surface area contributed by atoms with E-state index in [-0.39, 0.29) is 10.5 Å². The zero-order valence-corrected chi connectivity index (χ0v) is 14.3. The van der Waals surface area contributed by atoms with Gasteiger partial charge in [-0.2, -0.15) is 5.10 Å². The Morgan fingerprint density at radius 1 is 1.00 bits per heavy atom. The third kappa shape index (κ3) is 3.37. The maximum Gasteiger partial charge on any atom is 0.282 e. The van der Waals surface area contributed by atoms with Crippen molar-refractivity contribution in [2.24, 2.45) is 0 Å². The third-order valence-corrected chi connectivity index (χ3v) is 5.72. The Morgan fingerprint density at radius 2 is 1.70 bits per heavy atom. The van der Waals surface area contributed by atoms with Gasteiger partial charge in [-0.3, -0.25) is 20.2 Å². The van der Waals surface area contributed by atoms with Gasteiger partial charge >= 0.3 is 0 Å². The molecule has 0 aliphatic carbocycles. The topological polar surface area (TPSA) is 151 Å². The summed E-state index contributed by atoms with van der Waals surface area (Å²) >= 11 is 0.